The molecule has 0 saturated carbocycles. The van der Waals surface area contributed by atoms with Crippen LogP contribution in [0.3, 0.4) is 0 Å². The van der Waals surface area contributed by atoms with E-state index in [9.17, 15) is 4.79 Å². The summed E-state index contributed by atoms with van der Waals surface area (Å²) in [7, 11) is 2.15. The largest absolute Gasteiger partial charge is 0.412 e. The Morgan fingerprint density at radius 3 is 2.17 bits per heavy atom. The van der Waals surface area contributed by atoms with Crippen molar-refractivity contribution in [1.29, 1.82) is 0 Å². The quantitative estimate of drug-likeness (QED) is 0.704. The molecule has 0 aromatic heterocycles. The molecule has 1 heterocycles. The summed E-state index contributed by atoms with van der Waals surface area (Å²) in [6.45, 7) is 8.05. The molecule has 0 atom stereocenters. The molecule has 3 aromatic carbocycles. The van der Waals surface area contributed by atoms with E-state index in [4.69, 9.17) is 0 Å². The van der Waals surface area contributed by atoms with Gasteiger partial charge in [0.1, 0.15) is 0 Å². The molecule has 1 saturated heterocycles. The van der Waals surface area contributed by atoms with Crippen LogP contribution in [0.2, 0.25) is 0 Å². The first-order valence-electron chi connectivity index (χ1n) is 10.3. The third kappa shape index (κ3) is 6.58. The summed E-state index contributed by atoms with van der Waals surface area (Å²) in [5.74, 6) is -0.0302. The molecule has 3 aromatic rings. The van der Waals surface area contributed by atoms with Crippen molar-refractivity contribution in [1.82, 2.24) is 4.90 Å². The van der Waals surface area contributed by atoms with E-state index >= 15 is 0 Å². The topological polar surface area (TPSA) is 67.1 Å². The number of anilines is 2. The van der Waals surface area contributed by atoms with E-state index in [-0.39, 0.29) is 12.8 Å². The van der Waals surface area contributed by atoms with Crippen LogP contribution in [0.15, 0.2) is 66.7 Å². The average Bonchev–Trinajstić information content (AvgIpc) is 2.74. The number of aryl methyl sites for hydroxylation is 1. The zero-order chi connectivity index (χ0) is 20.6. The minimum atomic E-state index is -0.0302. The summed E-state index contributed by atoms with van der Waals surface area (Å²) in [6, 6.07) is 23.2. The number of carbonyl (C=O) groups excluding carboxylic acids is 1. The fraction of sp³-hybridized carbons (Fsp3) is 0.320. The molecule has 0 unspecified atom stereocenters. The van der Waals surface area contributed by atoms with E-state index in [1.807, 2.05) is 12.1 Å². The van der Waals surface area contributed by atoms with Crippen molar-refractivity contribution in [3.63, 3.8) is 0 Å². The number of amides is 1. The van der Waals surface area contributed by atoms with Gasteiger partial charge in [-0.25, -0.2) is 0 Å². The lowest BCUT2D eigenvalue weighted by Crippen LogP contribution is -2.44. The Bertz CT molecular complexity index is 939. The van der Waals surface area contributed by atoms with Gasteiger partial charge < -0.3 is 20.6 Å². The number of carbonyl (C=O) groups is 1. The van der Waals surface area contributed by atoms with Crippen LogP contribution in [-0.4, -0.2) is 49.5 Å². The van der Waals surface area contributed by atoms with Crippen LogP contribution in [0.4, 0.5) is 11.4 Å². The van der Waals surface area contributed by atoms with Crippen molar-refractivity contribution in [3.8, 4) is 0 Å². The predicted molar refractivity (Wildman–Crippen MR) is 130 cm³/mol. The van der Waals surface area contributed by atoms with E-state index in [1.165, 1.54) is 28.9 Å². The molecule has 5 heteroatoms. The van der Waals surface area contributed by atoms with Crippen LogP contribution in [0.25, 0.3) is 10.8 Å². The summed E-state index contributed by atoms with van der Waals surface area (Å²) in [6.07, 6.45) is 1.12. The number of rotatable bonds is 3. The van der Waals surface area contributed by atoms with Crippen molar-refractivity contribution in [2.45, 2.75) is 20.3 Å². The summed E-state index contributed by atoms with van der Waals surface area (Å²) >= 11 is 0. The minimum Gasteiger partial charge on any atom is -0.412 e. The SMILES string of the molecule is CC(=O)Nc1ccc(N2CCN(C)CC2)cc1.CCc1ccc2ccccc2c1.O.[HH]. The second-order valence-electron chi connectivity index (χ2n) is 7.55. The summed E-state index contributed by atoms with van der Waals surface area (Å²) in [4.78, 5) is 15.6. The van der Waals surface area contributed by atoms with E-state index in [0.29, 0.717) is 0 Å². The molecule has 0 spiro atoms. The van der Waals surface area contributed by atoms with Gasteiger partial charge in [0.25, 0.3) is 0 Å². The third-order valence-electron chi connectivity index (χ3n) is 5.28. The number of hydrogen-bond acceptors (Lipinski definition) is 3. The van der Waals surface area contributed by atoms with Crippen LogP contribution in [0.1, 0.15) is 20.8 Å². The Hall–Kier alpha value is -2.89. The van der Waals surface area contributed by atoms with Gasteiger partial charge in [0.05, 0.1) is 0 Å². The lowest BCUT2D eigenvalue weighted by atomic mass is 10.1. The lowest BCUT2D eigenvalue weighted by Gasteiger charge is -2.34. The van der Waals surface area contributed by atoms with Crippen molar-refractivity contribution >= 4 is 28.1 Å². The molecule has 30 heavy (non-hydrogen) atoms. The van der Waals surface area contributed by atoms with Crippen LogP contribution in [0.5, 0.6) is 0 Å². The van der Waals surface area contributed by atoms with E-state index in [1.54, 1.807) is 0 Å². The molecule has 162 valence electrons. The second kappa shape index (κ2) is 11.3. The van der Waals surface area contributed by atoms with Gasteiger partial charge in [-0.1, -0.05) is 49.4 Å². The van der Waals surface area contributed by atoms with Gasteiger partial charge in [-0.05, 0) is 54.1 Å². The maximum absolute atomic E-state index is 10.9. The maximum Gasteiger partial charge on any atom is 0.221 e. The lowest BCUT2D eigenvalue weighted by molar-refractivity contribution is -0.114. The first-order valence-corrected chi connectivity index (χ1v) is 10.3. The average molecular weight is 410 g/mol. The normalized spacial score (nSPS) is 13.8. The highest BCUT2D eigenvalue weighted by Crippen LogP contribution is 2.19. The number of fused-ring (bicyclic) bond motifs is 1. The molecular weight excluding hydrogens is 374 g/mol. The maximum atomic E-state index is 10.9. The Kier molecular flexibility index (Phi) is 8.84. The van der Waals surface area contributed by atoms with Crippen LogP contribution in [0, 0.1) is 0 Å². The Balaban J connectivity index is 0.000000305. The number of likely N-dealkylation sites (N-methyl/N-ethyl adjacent to an activating group) is 1. The summed E-state index contributed by atoms with van der Waals surface area (Å²) < 4.78 is 0. The molecular formula is C25H35N3O2. The second-order valence-corrected chi connectivity index (χ2v) is 7.55. The molecule has 4 rings (SSSR count). The van der Waals surface area contributed by atoms with Gasteiger partial charge in [0.15, 0.2) is 0 Å². The molecule has 0 aliphatic carbocycles. The van der Waals surface area contributed by atoms with Crippen molar-refractivity contribution in [2.75, 3.05) is 43.4 Å². The molecule has 0 bridgehead atoms. The van der Waals surface area contributed by atoms with Crippen molar-refractivity contribution < 1.29 is 11.7 Å². The fourth-order valence-electron chi connectivity index (χ4n) is 3.48. The Labute approximate surface area is 181 Å². The smallest absolute Gasteiger partial charge is 0.221 e. The molecule has 0 radical (unpaired) electrons. The summed E-state index contributed by atoms with van der Waals surface area (Å²) in [5.41, 5.74) is 3.50. The Morgan fingerprint density at radius 1 is 0.933 bits per heavy atom. The molecule has 1 fully saturated rings. The highest BCUT2D eigenvalue weighted by molar-refractivity contribution is 5.88. The van der Waals surface area contributed by atoms with Crippen LogP contribution >= 0.6 is 0 Å². The van der Waals surface area contributed by atoms with E-state index < -0.39 is 0 Å². The minimum absolute atomic E-state index is 0. The van der Waals surface area contributed by atoms with Crippen LogP contribution < -0.4 is 10.2 Å². The van der Waals surface area contributed by atoms with Crippen molar-refractivity contribution in [3.05, 3.63) is 72.3 Å². The first kappa shape index (κ1) is 23.4. The molecule has 5 nitrogen and oxygen atoms in total. The number of nitrogens with zero attached hydrogens (tertiary/aromatic N) is 2. The third-order valence-corrected chi connectivity index (χ3v) is 5.28. The van der Waals surface area contributed by atoms with Gasteiger partial charge in [0.2, 0.25) is 5.91 Å². The van der Waals surface area contributed by atoms with Crippen molar-refractivity contribution in [2.24, 2.45) is 0 Å². The zero-order valence-corrected chi connectivity index (χ0v) is 18.2. The van der Waals surface area contributed by atoms with Gasteiger partial charge in [-0.2, -0.15) is 0 Å². The highest BCUT2D eigenvalue weighted by Gasteiger charge is 2.13. The Morgan fingerprint density at radius 2 is 1.57 bits per heavy atom. The van der Waals surface area contributed by atoms with E-state index in [2.05, 4.69) is 83.7 Å². The molecule has 1 aliphatic rings. The molecule has 1 aliphatic heterocycles. The first-order chi connectivity index (χ1) is 14.0. The number of piperazine rings is 1. The fourth-order valence-corrected chi connectivity index (χ4v) is 3.48. The molecule has 1 amide bonds. The van der Waals surface area contributed by atoms with Gasteiger partial charge in [-0.3, -0.25) is 4.79 Å². The van der Waals surface area contributed by atoms with E-state index in [0.717, 1.165) is 38.3 Å². The van der Waals surface area contributed by atoms with Gasteiger partial charge in [0, 0.05) is 45.9 Å². The zero-order valence-electron chi connectivity index (χ0n) is 18.2. The monoisotopic (exact) mass is 409 g/mol. The van der Waals surface area contributed by atoms with Gasteiger partial charge >= 0.3 is 0 Å². The summed E-state index contributed by atoms with van der Waals surface area (Å²) in [5, 5.41) is 5.45. The predicted octanol–water partition coefficient (Wildman–Crippen LogP) is 4.22. The van der Waals surface area contributed by atoms with Crippen LogP contribution in [-0.2, 0) is 11.2 Å². The number of hydrogen-bond donors (Lipinski definition) is 1. The molecule has 3 N–H and O–H groups in total. The highest BCUT2D eigenvalue weighted by atomic mass is 16.1. The van der Waals surface area contributed by atoms with Gasteiger partial charge in [-0.15, -0.1) is 0 Å². The number of benzene rings is 3. The standard InChI is InChI=1S/C13H19N3O.C12H12.H2O.H2/c1-11(17)14-12-3-5-13(6-4-12)16-9-7-15(2)8-10-16;1-2-10-7-8-11-5-3-4-6-12(11)9-10;;/h3-6H,7-10H2,1-2H3,(H,14,17);3-9H,2H2,1H3;1H2;1H. The number of nitrogens with one attached hydrogen (secondary N) is 1.